The Morgan fingerprint density at radius 3 is 2.67 bits per heavy atom. The summed E-state index contributed by atoms with van der Waals surface area (Å²) in [6.45, 7) is 0.541. The van der Waals surface area contributed by atoms with Gasteiger partial charge in [0, 0.05) is 29.8 Å². The van der Waals surface area contributed by atoms with Gasteiger partial charge in [0.1, 0.15) is 11.6 Å². The Kier molecular flexibility index (Phi) is 7.82. The van der Waals surface area contributed by atoms with E-state index in [-0.39, 0.29) is 37.1 Å². The SMILES string of the molecule is COc1ccc(Cl)cc1/C=C/C(=O)NCCNC(=O)Cc1cccc(F)c1. The van der Waals surface area contributed by atoms with Crippen LogP contribution in [0.2, 0.25) is 5.02 Å². The van der Waals surface area contributed by atoms with Crippen LogP contribution in [0.3, 0.4) is 0 Å². The summed E-state index contributed by atoms with van der Waals surface area (Å²) in [7, 11) is 1.53. The number of halogens is 2. The van der Waals surface area contributed by atoms with Crippen LogP contribution in [0.4, 0.5) is 4.39 Å². The van der Waals surface area contributed by atoms with Crippen LogP contribution < -0.4 is 15.4 Å². The minimum Gasteiger partial charge on any atom is -0.496 e. The maximum Gasteiger partial charge on any atom is 0.244 e. The van der Waals surface area contributed by atoms with E-state index in [1.807, 2.05) is 0 Å². The summed E-state index contributed by atoms with van der Waals surface area (Å²) < 4.78 is 18.3. The van der Waals surface area contributed by atoms with Crippen molar-refractivity contribution in [1.29, 1.82) is 0 Å². The summed E-state index contributed by atoms with van der Waals surface area (Å²) >= 11 is 5.94. The Morgan fingerprint density at radius 1 is 1.15 bits per heavy atom. The van der Waals surface area contributed by atoms with Crippen molar-refractivity contribution >= 4 is 29.5 Å². The third kappa shape index (κ3) is 7.11. The molecular weight excluding hydrogens is 371 g/mol. The van der Waals surface area contributed by atoms with Crippen LogP contribution in [0.1, 0.15) is 11.1 Å². The number of methoxy groups -OCH3 is 1. The van der Waals surface area contributed by atoms with Crippen LogP contribution in [0.5, 0.6) is 5.75 Å². The molecule has 0 spiro atoms. The molecule has 0 saturated heterocycles. The zero-order valence-corrected chi connectivity index (χ0v) is 15.6. The van der Waals surface area contributed by atoms with Gasteiger partial charge in [-0.3, -0.25) is 9.59 Å². The minimum absolute atomic E-state index is 0.0835. The van der Waals surface area contributed by atoms with E-state index in [2.05, 4.69) is 10.6 Å². The fourth-order valence-electron chi connectivity index (χ4n) is 2.34. The second-order valence-corrected chi connectivity index (χ2v) is 6.10. The molecule has 0 aromatic heterocycles. The highest BCUT2D eigenvalue weighted by Gasteiger charge is 2.05. The molecule has 2 aromatic carbocycles. The van der Waals surface area contributed by atoms with Crippen molar-refractivity contribution in [1.82, 2.24) is 10.6 Å². The van der Waals surface area contributed by atoms with Crippen LogP contribution in [0, 0.1) is 5.82 Å². The molecule has 142 valence electrons. The van der Waals surface area contributed by atoms with Gasteiger partial charge >= 0.3 is 0 Å². The smallest absolute Gasteiger partial charge is 0.244 e. The lowest BCUT2D eigenvalue weighted by molar-refractivity contribution is -0.121. The topological polar surface area (TPSA) is 67.4 Å². The van der Waals surface area contributed by atoms with Crippen LogP contribution >= 0.6 is 11.6 Å². The normalized spacial score (nSPS) is 10.6. The Balaban J connectivity index is 1.73. The average Bonchev–Trinajstić information content (AvgIpc) is 2.63. The maximum atomic E-state index is 13.1. The van der Waals surface area contributed by atoms with Gasteiger partial charge in [0.25, 0.3) is 0 Å². The summed E-state index contributed by atoms with van der Waals surface area (Å²) in [4.78, 5) is 23.6. The molecule has 2 amide bonds. The molecule has 27 heavy (non-hydrogen) atoms. The quantitative estimate of drug-likeness (QED) is 0.538. The number of hydrogen-bond donors (Lipinski definition) is 2. The summed E-state index contributed by atoms with van der Waals surface area (Å²) in [6, 6.07) is 11.0. The van der Waals surface area contributed by atoms with Crippen molar-refractivity contribution in [2.75, 3.05) is 20.2 Å². The number of hydrogen-bond acceptors (Lipinski definition) is 3. The van der Waals surface area contributed by atoms with Gasteiger partial charge in [-0.05, 0) is 42.0 Å². The highest BCUT2D eigenvalue weighted by Crippen LogP contribution is 2.23. The van der Waals surface area contributed by atoms with E-state index in [1.165, 1.54) is 25.3 Å². The predicted molar refractivity (Wildman–Crippen MR) is 103 cm³/mol. The van der Waals surface area contributed by atoms with Gasteiger partial charge in [0.2, 0.25) is 11.8 Å². The van der Waals surface area contributed by atoms with Crippen LogP contribution in [0.25, 0.3) is 6.08 Å². The highest BCUT2D eigenvalue weighted by atomic mass is 35.5. The van der Waals surface area contributed by atoms with E-state index >= 15 is 0 Å². The largest absolute Gasteiger partial charge is 0.496 e. The van der Waals surface area contributed by atoms with E-state index in [0.29, 0.717) is 21.9 Å². The summed E-state index contributed by atoms with van der Waals surface area (Å²) in [5.41, 5.74) is 1.28. The van der Waals surface area contributed by atoms with Crippen LogP contribution in [0.15, 0.2) is 48.5 Å². The summed E-state index contributed by atoms with van der Waals surface area (Å²) in [5.74, 6) is -0.325. The Morgan fingerprint density at radius 2 is 1.93 bits per heavy atom. The molecule has 0 aliphatic heterocycles. The van der Waals surface area contributed by atoms with Crippen LogP contribution in [-0.2, 0) is 16.0 Å². The molecule has 0 fully saturated rings. The van der Waals surface area contributed by atoms with Crippen molar-refractivity contribution in [3.63, 3.8) is 0 Å². The highest BCUT2D eigenvalue weighted by molar-refractivity contribution is 6.30. The van der Waals surface area contributed by atoms with Crippen molar-refractivity contribution < 1.29 is 18.7 Å². The van der Waals surface area contributed by atoms with Gasteiger partial charge in [-0.2, -0.15) is 0 Å². The second-order valence-electron chi connectivity index (χ2n) is 5.67. The first-order chi connectivity index (χ1) is 13.0. The van der Waals surface area contributed by atoms with E-state index in [4.69, 9.17) is 16.3 Å². The number of rotatable bonds is 8. The Bertz CT molecular complexity index is 840. The molecule has 2 rings (SSSR count). The number of nitrogens with one attached hydrogen (secondary N) is 2. The van der Waals surface area contributed by atoms with Gasteiger partial charge in [-0.15, -0.1) is 0 Å². The molecule has 2 N–H and O–H groups in total. The third-order valence-electron chi connectivity index (χ3n) is 3.61. The monoisotopic (exact) mass is 390 g/mol. The molecular formula is C20H20ClFN2O3. The van der Waals surface area contributed by atoms with Crippen molar-refractivity contribution in [3.8, 4) is 5.75 Å². The Hall–Kier alpha value is -2.86. The Labute approximate surface area is 162 Å². The first-order valence-electron chi connectivity index (χ1n) is 8.28. The lowest BCUT2D eigenvalue weighted by atomic mass is 10.1. The second kappa shape index (κ2) is 10.3. The number of carbonyl (C=O) groups is 2. The molecule has 0 saturated carbocycles. The fourth-order valence-corrected chi connectivity index (χ4v) is 2.52. The zero-order valence-electron chi connectivity index (χ0n) is 14.8. The van der Waals surface area contributed by atoms with E-state index < -0.39 is 0 Å². The lowest BCUT2D eigenvalue weighted by Gasteiger charge is -2.07. The van der Waals surface area contributed by atoms with Crippen molar-refractivity contribution in [2.45, 2.75) is 6.42 Å². The molecule has 0 radical (unpaired) electrons. The summed E-state index contributed by atoms with van der Waals surface area (Å²) in [6.07, 6.45) is 3.05. The van der Waals surface area contributed by atoms with Gasteiger partial charge < -0.3 is 15.4 Å². The van der Waals surface area contributed by atoms with Gasteiger partial charge in [0.05, 0.1) is 13.5 Å². The standard InChI is InChI=1S/C20H20ClFN2O3/c1-27-18-7-6-16(21)13-15(18)5-8-19(25)23-9-10-24-20(26)12-14-3-2-4-17(22)11-14/h2-8,11,13H,9-10,12H2,1H3,(H,23,25)(H,24,26)/b8-5+. The lowest BCUT2D eigenvalue weighted by Crippen LogP contribution is -2.34. The van der Waals surface area contributed by atoms with Crippen LogP contribution in [-0.4, -0.2) is 32.0 Å². The zero-order chi connectivity index (χ0) is 19.6. The molecule has 0 aliphatic carbocycles. The third-order valence-corrected chi connectivity index (χ3v) is 3.84. The molecule has 7 heteroatoms. The number of carbonyl (C=O) groups excluding carboxylic acids is 2. The molecule has 0 atom stereocenters. The van der Waals surface area contributed by atoms with E-state index in [1.54, 1.807) is 36.4 Å². The van der Waals surface area contributed by atoms with Gasteiger partial charge in [0.15, 0.2) is 0 Å². The molecule has 2 aromatic rings. The first-order valence-corrected chi connectivity index (χ1v) is 8.66. The number of benzene rings is 2. The van der Waals surface area contributed by atoms with Crippen molar-refractivity contribution in [2.24, 2.45) is 0 Å². The fraction of sp³-hybridized carbons (Fsp3) is 0.200. The van der Waals surface area contributed by atoms with E-state index in [0.717, 1.165) is 0 Å². The number of amides is 2. The molecule has 0 aliphatic rings. The summed E-state index contributed by atoms with van der Waals surface area (Å²) in [5, 5.41) is 5.87. The molecule has 5 nitrogen and oxygen atoms in total. The van der Waals surface area contributed by atoms with E-state index in [9.17, 15) is 14.0 Å². The van der Waals surface area contributed by atoms with Crippen molar-refractivity contribution in [3.05, 3.63) is 70.5 Å². The molecule has 0 unspecified atom stereocenters. The van der Waals surface area contributed by atoms with Gasteiger partial charge in [-0.1, -0.05) is 23.7 Å². The first kappa shape index (κ1) is 20.5. The average molecular weight is 391 g/mol. The molecule has 0 bridgehead atoms. The maximum absolute atomic E-state index is 13.1. The predicted octanol–water partition coefficient (Wildman–Crippen LogP) is 2.98. The molecule has 0 heterocycles. The minimum atomic E-state index is -0.379. The number of ether oxygens (including phenoxy) is 1. The van der Waals surface area contributed by atoms with Gasteiger partial charge in [-0.25, -0.2) is 4.39 Å².